The second kappa shape index (κ2) is 5.20. The number of amides is 1. The lowest BCUT2D eigenvalue weighted by atomic mass is 10.0. The number of benzene rings is 2. The summed E-state index contributed by atoms with van der Waals surface area (Å²) >= 11 is 1.90. The van der Waals surface area contributed by atoms with Crippen LogP contribution in [0, 0.1) is 0 Å². The van der Waals surface area contributed by atoms with Gasteiger partial charge in [0.2, 0.25) is 5.91 Å². The number of nitrogens with one attached hydrogen (secondary N) is 2. The third-order valence-corrected chi connectivity index (χ3v) is 5.24. The Bertz CT molecular complexity index is 701. The zero-order valence-corrected chi connectivity index (χ0v) is 12.3. The van der Waals surface area contributed by atoms with Crippen LogP contribution in [0.15, 0.2) is 53.4 Å². The van der Waals surface area contributed by atoms with Crippen molar-refractivity contribution in [1.82, 2.24) is 5.32 Å². The summed E-state index contributed by atoms with van der Waals surface area (Å²) in [6, 6.07) is 16.4. The second-order valence-corrected chi connectivity index (χ2v) is 6.54. The van der Waals surface area contributed by atoms with E-state index >= 15 is 0 Å². The van der Waals surface area contributed by atoms with Crippen LogP contribution in [0.3, 0.4) is 0 Å². The van der Waals surface area contributed by atoms with Crippen molar-refractivity contribution < 1.29 is 4.79 Å². The Labute approximate surface area is 128 Å². The quantitative estimate of drug-likeness (QED) is 0.891. The Kier molecular flexibility index (Phi) is 3.20. The molecule has 0 aliphatic carbocycles. The molecule has 4 rings (SSSR count). The van der Waals surface area contributed by atoms with Crippen molar-refractivity contribution in [2.24, 2.45) is 0 Å². The molecule has 3 nitrogen and oxygen atoms in total. The van der Waals surface area contributed by atoms with Crippen LogP contribution < -0.4 is 10.6 Å². The fourth-order valence-corrected chi connectivity index (χ4v) is 4.22. The van der Waals surface area contributed by atoms with Crippen molar-refractivity contribution >= 4 is 23.4 Å². The molecule has 2 aliphatic heterocycles. The van der Waals surface area contributed by atoms with Crippen LogP contribution in [0.4, 0.5) is 5.69 Å². The minimum Gasteiger partial charge on any atom is -0.324 e. The fourth-order valence-electron chi connectivity index (χ4n) is 3.09. The molecular formula is C17H16N2OS. The van der Waals surface area contributed by atoms with Gasteiger partial charge in [0, 0.05) is 22.2 Å². The van der Waals surface area contributed by atoms with E-state index in [2.05, 4.69) is 34.9 Å². The summed E-state index contributed by atoms with van der Waals surface area (Å²) in [6.45, 7) is 0. The van der Waals surface area contributed by atoms with Crippen molar-refractivity contribution in [3.8, 4) is 0 Å². The standard InChI is InChI=1S/C17H16N2OS/c20-17-16(12-6-1-3-7-13(12)19-17)18-14-9-10-21-15-8-4-2-5-11(14)15/h1-8,14,16,18H,9-10H2,(H,19,20). The predicted octanol–water partition coefficient (Wildman–Crippen LogP) is 3.51. The van der Waals surface area contributed by atoms with E-state index in [-0.39, 0.29) is 18.0 Å². The summed E-state index contributed by atoms with van der Waals surface area (Å²) < 4.78 is 0. The van der Waals surface area contributed by atoms with Crippen molar-refractivity contribution in [3.05, 3.63) is 59.7 Å². The topological polar surface area (TPSA) is 41.1 Å². The molecular weight excluding hydrogens is 280 g/mol. The molecule has 21 heavy (non-hydrogen) atoms. The van der Waals surface area contributed by atoms with Crippen molar-refractivity contribution in [2.45, 2.75) is 23.4 Å². The van der Waals surface area contributed by atoms with E-state index in [1.807, 2.05) is 36.0 Å². The maximum atomic E-state index is 12.2. The van der Waals surface area contributed by atoms with E-state index in [0.717, 1.165) is 23.4 Å². The molecule has 1 amide bonds. The molecule has 106 valence electrons. The third-order valence-electron chi connectivity index (χ3n) is 4.12. The van der Waals surface area contributed by atoms with Crippen LogP contribution >= 0.6 is 11.8 Å². The molecule has 2 aromatic rings. The average molecular weight is 296 g/mol. The fraction of sp³-hybridized carbons (Fsp3) is 0.235. The molecule has 2 atom stereocenters. The van der Waals surface area contributed by atoms with Gasteiger partial charge in [-0.25, -0.2) is 0 Å². The number of carbonyl (C=O) groups is 1. The molecule has 0 aromatic heterocycles. The number of para-hydroxylation sites is 1. The van der Waals surface area contributed by atoms with Crippen molar-refractivity contribution in [2.75, 3.05) is 11.1 Å². The average Bonchev–Trinajstić information content (AvgIpc) is 2.84. The predicted molar refractivity (Wildman–Crippen MR) is 85.5 cm³/mol. The minimum absolute atomic E-state index is 0.0481. The first-order chi connectivity index (χ1) is 10.3. The minimum atomic E-state index is -0.248. The van der Waals surface area contributed by atoms with Gasteiger partial charge in [-0.3, -0.25) is 10.1 Å². The molecule has 0 bridgehead atoms. The third kappa shape index (κ3) is 2.24. The van der Waals surface area contributed by atoms with Gasteiger partial charge in [0.05, 0.1) is 0 Å². The zero-order valence-electron chi connectivity index (χ0n) is 11.5. The molecule has 2 N–H and O–H groups in total. The first kappa shape index (κ1) is 12.9. The number of anilines is 1. The van der Waals surface area contributed by atoms with Crippen LogP contribution in [-0.4, -0.2) is 11.7 Å². The monoisotopic (exact) mass is 296 g/mol. The maximum Gasteiger partial charge on any atom is 0.246 e. The van der Waals surface area contributed by atoms with Crippen LogP contribution in [0.25, 0.3) is 0 Å². The number of carbonyl (C=O) groups excluding carboxylic acids is 1. The van der Waals surface area contributed by atoms with E-state index in [9.17, 15) is 4.79 Å². The lowest BCUT2D eigenvalue weighted by Gasteiger charge is -2.28. The smallest absolute Gasteiger partial charge is 0.246 e. The number of hydrogen-bond donors (Lipinski definition) is 2. The van der Waals surface area contributed by atoms with Gasteiger partial charge >= 0.3 is 0 Å². The summed E-state index contributed by atoms with van der Waals surface area (Å²) in [5.41, 5.74) is 3.29. The van der Waals surface area contributed by atoms with Gasteiger partial charge in [0.25, 0.3) is 0 Å². The molecule has 2 heterocycles. The van der Waals surface area contributed by atoms with E-state index in [0.29, 0.717) is 0 Å². The van der Waals surface area contributed by atoms with Gasteiger partial charge < -0.3 is 5.32 Å². The summed E-state index contributed by atoms with van der Waals surface area (Å²) in [6.07, 6.45) is 1.05. The lowest BCUT2D eigenvalue weighted by Crippen LogP contribution is -2.32. The van der Waals surface area contributed by atoms with Gasteiger partial charge in [0.15, 0.2) is 0 Å². The van der Waals surface area contributed by atoms with Gasteiger partial charge in [-0.05, 0) is 29.9 Å². The molecule has 0 spiro atoms. The number of fused-ring (bicyclic) bond motifs is 2. The Morgan fingerprint density at radius 1 is 1.05 bits per heavy atom. The van der Waals surface area contributed by atoms with Gasteiger partial charge in [0.1, 0.15) is 6.04 Å². The maximum absolute atomic E-state index is 12.2. The normalized spacial score (nSPS) is 23.3. The summed E-state index contributed by atoms with van der Waals surface area (Å²) in [4.78, 5) is 13.6. The Hall–Kier alpha value is -1.78. The highest BCUT2D eigenvalue weighted by atomic mass is 32.2. The molecule has 2 aromatic carbocycles. The van der Waals surface area contributed by atoms with Gasteiger partial charge in [-0.15, -0.1) is 11.8 Å². The van der Waals surface area contributed by atoms with Gasteiger partial charge in [-0.2, -0.15) is 0 Å². The van der Waals surface area contributed by atoms with Crippen LogP contribution in [0.1, 0.15) is 29.6 Å². The molecule has 4 heteroatoms. The molecule has 2 aliphatic rings. The molecule has 2 unspecified atom stereocenters. The molecule has 0 radical (unpaired) electrons. The van der Waals surface area contributed by atoms with E-state index < -0.39 is 0 Å². The first-order valence-electron chi connectivity index (χ1n) is 7.20. The number of rotatable bonds is 2. The number of thioether (sulfide) groups is 1. The van der Waals surface area contributed by atoms with Gasteiger partial charge in [-0.1, -0.05) is 36.4 Å². The van der Waals surface area contributed by atoms with Crippen LogP contribution in [-0.2, 0) is 4.79 Å². The highest BCUT2D eigenvalue weighted by Crippen LogP contribution is 2.39. The highest BCUT2D eigenvalue weighted by molar-refractivity contribution is 7.99. The second-order valence-electron chi connectivity index (χ2n) is 5.40. The highest BCUT2D eigenvalue weighted by Gasteiger charge is 2.33. The van der Waals surface area contributed by atoms with Crippen molar-refractivity contribution in [3.63, 3.8) is 0 Å². The largest absolute Gasteiger partial charge is 0.324 e. The summed E-state index contributed by atoms with van der Waals surface area (Å²) in [5, 5.41) is 6.51. The van der Waals surface area contributed by atoms with Crippen LogP contribution in [0.2, 0.25) is 0 Å². The number of hydrogen-bond acceptors (Lipinski definition) is 3. The van der Waals surface area contributed by atoms with E-state index in [1.165, 1.54) is 10.5 Å². The Morgan fingerprint density at radius 3 is 2.71 bits per heavy atom. The van der Waals surface area contributed by atoms with Crippen molar-refractivity contribution in [1.29, 1.82) is 0 Å². The van der Waals surface area contributed by atoms with E-state index in [4.69, 9.17) is 0 Å². The van der Waals surface area contributed by atoms with Crippen LogP contribution in [0.5, 0.6) is 0 Å². The Morgan fingerprint density at radius 2 is 1.81 bits per heavy atom. The Balaban J connectivity index is 1.64. The molecule has 0 saturated carbocycles. The molecule has 0 fully saturated rings. The zero-order chi connectivity index (χ0) is 14.2. The molecule has 0 saturated heterocycles. The van der Waals surface area contributed by atoms with E-state index in [1.54, 1.807) is 0 Å². The lowest BCUT2D eigenvalue weighted by molar-refractivity contribution is -0.117. The SMILES string of the molecule is O=C1Nc2ccccc2C1NC1CCSc2ccccc21. The summed E-state index contributed by atoms with van der Waals surface area (Å²) in [5.74, 6) is 1.14. The first-order valence-corrected chi connectivity index (χ1v) is 8.19. The summed E-state index contributed by atoms with van der Waals surface area (Å²) in [7, 11) is 0.